The molecule has 0 aliphatic rings. The van der Waals surface area contributed by atoms with E-state index in [4.69, 9.17) is 11.6 Å². The van der Waals surface area contributed by atoms with E-state index < -0.39 is 0 Å². The molecule has 2 N–H and O–H groups in total. The molecule has 0 aromatic heterocycles. The van der Waals surface area contributed by atoms with Gasteiger partial charge in [0.15, 0.2) is 0 Å². The second kappa shape index (κ2) is 6.64. The molecule has 0 fully saturated rings. The minimum atomic E-state index is -0.124. The fourth-order valence-corrected chi connectivity index (χ4v) is 2.34. The van der Waals surface area contributed by atoms with Crippen LogP contribution in [0.15, 0.2) is 36.4 Å². The summed E-state index contributed by atoms with van der Waals surface area (Å²) in [4.78, 5) is 12.4. The number of hydrogen-bond acceptors (Lipinski definition) is 2. The Morgan fingerprint density at radius 2 is 1.95 bits per heavy atom. The van der Waals surface area contributed by atoms with E-state index in [1.54, 1.807) is 0 Å². The lowest BCUT2D eigenvalue weighted by Crippen LogP contribution is -2.14. The third-order valence-corrected chi connectivity index (χ3v) is 3.78. The quantitative estimate of drug-likeness (QED) is 0.863. The van der Waals surface area contributed by atoms with E-state index in [-0.39, 0.29) is 5.91 Å². The Labute approximate surface area is 130 Å². The molecule has 0 atom stereocenters. The molecule has 2 aromatic rings. The van der Waals surface area contributed by atoms with Crippen LogP contribution in [0, 0.1) is 13.8 Å². The Hall–Kier alpha value is -2.00. The number of nitrogens with one attached hydrogen (secondary N) is 2. The number of aryl methyl sites for hydroxylation is 1. The van der Waals surface area contributed by atoms with Crippen LogP contribution in [0.2, 0.25) is 5.02 Å². The molecule has 0 radical (unpaired) electrons. The van der Waals surface area contributed by atoms with Crippen molar-refractivity contribution in [3.63, 3.8) is 0 Å². The van der Waals surface area contributed by atoms with Crippen molar-refractivity contribution in [2.45, 2.75) is 20.8 Å². The maximum atomic E-state index is 12.4. The summed E-state index contributed by atoms with van der Waals surface area (Å²) in [7, 11) is 0. The van der Waals surface area contributed by atoms with Crippen LogP contribution in [0.4, 0.5) is 11.4 Å². The van der Waals surface area contributed by atoms with Crippen molar-refractivity contribution in [2.75, 3.05) is 17.2 Å². The highest BCUT2D eigenvalue weighted by Crippen LogP contribution is 2.24. The van der Waals surface area contributed by atoms with Gasteiger partial charge in [-0.05, 0) is 62.2 Å². The third-order valence-electron chi connectivity index (χ3n) is 3.37. The summed E-state index contributed by atoms with van der Waals surface area (Å²) in [6.07, 6.45) is 0. The van der Waals surface area contributed by atoms with Crippen LogP contribution in [0.3, 0.4) is 0 Å². The predicted molar refractivity (Wildman–Crippen MR) is 89.5 cm³/mol. The van der Waals surface area contributed by atoms with Crippen molar-refractivity contribution >= 4 is 28.9 Å². The van der Waals surface area contributed by atoms with E-state index in [2.05, 4.69) is 10.6 Å². The predicted octanol–water partition coefficient (Wildman–Crippen LogP) is 4.64. The zero-order valence-corrected chi connectivity index (χ0v) is 13.2. The third kappa shape index (κ3) is 3.56. The minimum absolute atomic E-state index is 0.124. The number of carbonyl (C=O) groups excluding carboxylic acids is 1. The standard InChI is InChI=1S/C17H19ClN2O/c1-4-19-13-8-9-14(11(2)10-13)17(21)20-16-7-5-6-15(18)12(16)3/h5-10,19H,4H2,1-3H3,(H,20,21). The number of hydrogen-bond donors (Lipinski definition) is 2. The zero-order chi connectivity index (χ0) is 15.4. The molecular formula is C17H19ClN2O. The van der Waals surface area contributed by atoms with Gasteiger partial charge in [-0.25, -0.2) is 0 Å². The number of benzene rings is 2. The summed E-state index contributed by atoms with van der Waals surface area (Å²) in [5.74, 6) is -0.124. The molecule has 110 valence electrons. The zero-order valence-electron chi connectivity index (χ0n) is 12.5. The molecule has 2 rings (SSSR count). The van der Waals surface area contributed by atoms with Gasteiger partial charge in [0.2, 0.25) is 0 Å². The van der Waals surface area contributed by atoms with Gasteiger partial charge in [-0.1, -0.05) is 17.7 Å². The van der Waals surface area contributed by atoms with Crippen LogP contribution in [0.25, 0.3) is 0 Å². The number of halogens is 1. The second-order valence-corrected chi connectivity index (χ2v) is 5.33. The highest BCUT2D eigenvalue weighted by atomic mass is 35.5. The van der Waals surface area contributed by atoms with Crippen LogP contribution in [-0.4, -0.2) is 12.5 Å². The summed E-state index contributed by atoms with van der Waals surface area (Å²) in [6, 6.07) is 11.2. The fraction of sp³-hybridized carbons (Fsp3) is 0.235. The lowest BCUT2D eigenvalue weighted by atomic mass is 10.1. The normalized spacial score (nSPS) is 10.3. The molecule has 0 aliphatic heterocycles. The second-order valence-electron chi connectivity index (χ2n) is 4.93. The van der Waals surface area contributed by atoms with Crippen molar-refractivity contribution in [1.29, 1.82) is 0 Å². The topological polar surface area (TPSA) is 41.1 Å². The Morgan fingerprint density at radius 1 is 1.19 bits per heavy atom. The summed E-state index contributed by atoms with van der Waals surface area (Å²) < 4.78 is 0. The van der Waals surface area contributed by atoms with E-state index in [9.17, 15) is 4.79 Å². The van der Waals surface area contributed by atoms with Crippen LogP contribution in [-0.2, 0) is 0 Å². The van der Waals surface area contributed by atoms with Gasteiger partial charge in [0.05, 0.1) is 0 Å². The van der Waals surface area contributed by atoms with Gasteiger partial charge < -0.3 is 10.6 Å². The van der Waals surface area contributed by atoms with Crippen molar-refractivity contribution in [3.05, 3.63) is 58.1 Å². The lowest BCUT2D eigenvalue weighted by Gasteiger charge is -2.12. The number of carbonyl (C=O) groups is 1. The highest BCUT2D eigenvalue weighted by Gasteiger charge is 2.11. The summed E-state index contributed by atoms with van der Waals surface area (Å²) >= 11 is 6.07. The highest BCUT2D eigenvalue weighted by molar-refractivity contribution is 6.31. The van der Waals surface area contributed by atoms with E-state index >= 15 is 0 Å². The molecule has 0 saturated carbocycles. The largest absolute Gasteiger partial charge is 0.385 e. The van der Waals surface area contributed by atoms with E-state index in [0.29, 0.717) is 10.6 Å². The van der Waals surface area contributed by atoms with Crippen LogP contribution < -0.4 is 10.6 Å². The van der Waals surface area contributed by atoms with Crippen molar-refractivity contribution < 1.29 is 4.79 Å². The molecule has 2 aromatic carbocycles. The average molecular weight is 303 g/mol. The minimum Gasteiger partial charge on any atom is -0.385 e. The van der Waals surface area contributed by atoms with Crippen LogP contribution in [0.1, 0.15) is 28.4 Å². The van der Waals surface area contributed by atoms with Gasteiger partial charge in [0.1, 0.15) is 0 Å². The SMILES string of the molecule is CCNc1ccc(C(=O)Nc2cccc(Cl)c2C)c(C)c1. The first-order valence-corrected chi connectivity index (χ1v) is 7.31. The summed E-state index contributed by atoms with van der Waals surface area (Å²) in [6.45, 7) is 6.71. The molecule has 0 heterocycles. The summed E-state index contributed by atoms with van der Waals surface area (Å²) in [5.41, 5.74) is 4.23. The first-order chi connectivity index (χ1) is 10.0. The molecule has 0 bridgehead atoms. The molecule has 21 heavy (non-hydrogen) atoms. The van der Waals surface area contributed by atoms with E-state index in [1.807, 2.05) is 57.2 Å². The van der Waals surface area contributed by atoms with Gasteiger partial charge in [-0.2, -0.15) is 0 Å². The van der Waals surface area contributed by atoms with Gasteiger partial charge in [-0.3, -0.25) is 4.79 Å². The maximum Gasteiger partial charge on any atom is 0.255 e. The monoisotopic (exact) mass is 302 g/mol. The van der Waals surface area contributed by atoms with E-state index in [1.165, 1.54) is 0 Å². The van der Waals surface area contributed by atoms with Crippen molar-refractivity contribution in [3.8, 4) is 0 Å². The van der Waals surface area contributed by atoms with Crippen LogP contribution in [0.5, 0.6) is 0 Å². The first-order valence-electron chi connectivity index (χ1n) is 6.94. The molecule has 4 heteroatoms. The maximum absolute atomic E-state index is 12.4. The smallest absolute Gasteiger partial charge is 0.255 e. The van der Waals surface area contributed by atoms with E-state index in [0.717, 1.165) is 29.0 Å². The Balaban J connectivity index is 2.22. The van der Waals surface area contributed by atoms with Crippen molar-refractivity contribution in [1.82, 2.24) is 0 Å². The number of rotatable bonds is 4. The molecular weight excluding hydrogens is 284 g/mol. The fourth-order valence-electron chi connectivity index (χ4n) is 2.17. The molecule has 1 amide bonds. The van der Waals surface area contributed by atoms with Gasteiger partial charge in [0.25, 0.3) is 5.91 Å². The molecule has 0 aliphatic carbocycles. The first kappa shape index (κ1) is 15.4. The Kier molecular flexibility index (Phi) is 4.86. The molecule has 0 saturated heterocycles. The van der Waals surface area contributed by atoms with Gasteiger partial charge >= 0.3 is 0 Å². The summed E-state index contributed by atoms with van der Waals surface area (Å²) in [5, 5.41) is 6.79. The number of anilines is 2. The Morgan fingerprint density at radius 3 is 2.62 bits per heavy atom. The molecule has 0 unspecified atom stereocenters. The lowest BCUT2D eigenvalue weighted by molar-refractivity contribution is 0.102. The number of amides is 1. The van der Waals surface area contributed by atoms with Gasteiger partial charge in [0, 0.05) is 28.5 Å². The molecule has 3 nitrogen and oxygen atoms in total. The van der Waals surface area contributed by atoms with Crippen LogP contribution >= 0.6 is 11.6 Å². The average Bonchev–Trinajstić information content (AvgIpc) is 2.44. The van der Waals surface area contributed by atoms with Gasteiger partial charge in [-0.15, -0.1) is 0 Å². The van der Waals surface area contributed by atoms with Crippen molar-refractivity contribution in [2.24, 2.45) is 0 Å². The Bertz CT molecular complexity index is 668. The molecule has 0 spiro atoms.